The molecule has 1 rings (SSSR count). The van der Waals surface area contributed by atoms with E-state index < -0.39 is 0 Å². The quantitative estimate of drug-likeness (QED) is 0.828. The van der Waals surface area contributed by atoms with Crippen LogP contribution < -0.4 is 0 Å². The highest BCUT2D eigenvalue weighted by Crippen LogP contribution is 2.08. The number of rotatable bonds is 5. The maximum absolute atomic E-state index is 12.1. The van der Waals surface area contributed by atoms with E-state index in [1.54, 1.807) is 30.3 Å². The van der Waals surface area contributed by atoms with Crippen molar-refractivity contribution in [3.05, 3.63) is 28.5 Å². The first-order valence-electron chi connectivity index (χ1n) is 6.14. The first-order chi connectivity index (χ1) is 8.99. The van der Waals surface area contributed by atoms with Crippen molar-refractivity contribution in [2.75, 3.05) is 26.7 Å². The van der Waals surface area contributed by atoms with Crippen LogP contribution in [0, 0.1) is 0 Å². The van der Waals surface area contributed by atoms with Gasteiger partial charge in [0.1, 0.15) is 5.69 Å². The van der Waals surface area contributed by atoms with Gasteiger partial charge in [-0.25, -0.2) is 4.98 Å². The molecular formula is C13H18BrN3O2. The molecule has 0 bridgehead atoms. The highest BCUT2D eigenvalue weighted by atomic mass is 79.9. The van der Waals surface area contributed by atoms with Crippen LogP contribution in [-0.4, -0.2) is 53.3 Å². The Morgan fingerprint density at radius 2 is 1.89 bits per heavy atom. The largest absolute Gasteiger partial charge is 0.342 e. The molecule has 0 saturated carbocycles. The van der Waals surface area contributed by atoms with Gasteiger partial charge in [0, 0.05) is 30.8 Å². The van der Waals surface area contributed by atoms with Crippen LogP contribution in [0.5, 0.6) is 0 Å². The van der Waals surface area contributed by atoms with Crippen LogP contribution >= 0.6 is 15.9 Å². The molecule has 1 aromatic rings. The first-order valence-corrected chi connectivity index (χ1v) is 6.93. The molecule has 2 amide bonds. The van der Waals surface area contributed by atoms with Crippen molar-refractivity contribution < 1.29 is 9.59 Å². The number of carbonyl (C=O) groups is 2. The Labute approximate surface area is 121 Å². The molecule has 0 aromatic carbocycles. The summed E-state index contributed by atoms with van der Waals surface area (Å²) in [7, 11) is 1.60. The van der Waals surface area contributed by atoms with Gasteiger partial charge in [-0.1, -0.05) is 0 Å². The number of halogens is 1. The fourth-order valence-corrected chi connectivity index (χ4v) is 1.88. The van der Waals surface area contributed by atoms with Crippen molar-refractivity contribution in [2.24, 2.45) is 0 Å². The van der Waals surface area contributed by atoms with Gasteiger partial charge < -0.3 is 9.80 Å². The lowest BCUT2D eigenvalue weighted by molar-refractivity contribution is -0.131. The Kier molecular flexibility index (Phi) is 5.95. The Balaban J connectivity index is 2.67. The summed E-state index contributed by atoms with van der Waals surface area (Å²) >= 11 is 3.26. The smallest absolute Gasteiger partial charge is 0.272 e. The van der Waals surface area contributed by atoms with E-state index in [4.69, 9.17) is 0 Å². The summed E-state index contributed by atoms with van der Waals surface area (Å²) in [4.78, 5) is 31.1. The van der Waals surface area contributed by atoms with Gasteiger partial charge in [-0.3, -0.25) is 9.59 Å². The molecule has 1 aromatic heterocycles. The minimum atomic E-state index is -0.256. The summed E-state index contributed by atoms with van der Waals surface area (Å²) in [5, 5.41) is 0. The Bertz CT molecular complexity index is 444. The third kappa shape index (κ3) is 4.31. The van der Waals surface area contributed by atoms with E-state index in [0.29, 0.717) is 18.8 Å². The van der Waals surface area contributed by atoms with Gasteiger partial charge in [-0.15, -0.1) is 0 Å². The highest BCUT2D eigenvalue weighted by molar-refractivity contribution is 9.10. The maximum atomic E-state index is 12.1. The molecule has 0 spiro atoms. The van der Waals surface area contributed by atoms with Gasteiger partial charge >= 0.3 is 0 Å². The van der Waals surface area contributed by atoms with Crippen LogP contribution in [-0.2, 0) is 4.79 Å². The molecule has 0 N–H and O–H groups in total. The van der Waals surface area contributed by atoms with Crippen molar-refractivity contribution in [3.63, 3.8) is 0 Å². The van der Waals surface area contributed by atoms with Crippen LogP contribution in [0.2, 0.25) is 0 Å². The molecule has 6 heteroatoms. The molecule has 19 heavy (non-hydrogen) atoms. The summed E-state index contributed by atoms with van der Waals surface area (Å²) in [5.41, 5.74) is 0.332. The van der Waals surface area contributed by atoms with E-state index in [9.17, 15) is 9.59 Å². The molecule has 5 nitrogen and oxygen atoms in total. The van der Waals surface area contributed by atoms with Gasteiger partial charge in [0.25, 0.3) is 5.91 Å². The fraction of sp³-hybridized carbons (Fsp3) is 0.462. The van der Waals surface area contributed by atoms with Crippen molar-refractivity contribution in [1.29, 1.82) is 0 Å². The number of nitrogens with zero attached hydrogens (tertiary/aromatic N) is 3. The molecular weight excluding hydrogens is 310 g/mol. The van der Waals surface area contributed by atoms with E-state index in [1.807, 2.05) is 13.8 Å². The van der Waals surface area contributed by atoms with Crippen LogP contribution in [0.25, 0.3) is 0 Å². The Morgan fingerprint density at radius 3 is 2.37 bits per heavy atom. The van der Waals surface area contributed by atoms with Crippen LogP contribution in [0.15, 0.2) is 22.8 Å². The van der Waals surface area contributed by atoms with E-state index in [0.717, 1.165) is 4.47 Å². The minimum Gasteiger partial charge on any atom is -0.342 e. The van der Waals surface area contributed by atoms with Crippen molar-refractivity contribution >= 4 is 27.7 Å². The van der Waals surface area contributed by atoms with Crippen LogP contribution in [0.1, 0.15) is 24.3 Å². The zero-order valence-electron chi connectivity index (χ0n) is 11.4. The van der Waals surface area contributed by atoms with Crippen molar-refractivity contribution in [3.8, 4) is 0 Å². The highest BCUT2D eigenvalue weighted by Gasteiger charge is 2.18. The third-order valence-electron chi connectivity index (χ3n) is 2.78. The van der Waals surface area contributed by atoms with Gasteiger partial charge in [0.05, 0.1) is 6.54 Å². The Morgan fingerprint density at radius 1 is 1.26 bits per heavy atom. The second-order valence-corrected chi connectivity index (χ2v) is 5.00. The van der Waals surface area contributed by atoms with Crippen LogP contribution in [0.4, 0.5) is 0 Å². The SMILES string of the molecule is CCN(CC)C(=O)CN(C)C(=O)c1ccc(Br)cn1. The molecule has 0 fully saturated rings. The van der Waals surface area contributed by atoms with E-state index in [-0.39, 0.29) is 18.4 Å². The first kappa shape index (κ1) is 15.6. The second-order valence-electron chi connectivity index (χ2n) is 4.09. The predicted octanol–water partition coefficient (Wildman–Crippen LogP) is 1.78. The number of carbonyl (C=O) groups excluding carboxylic acids is 2. The molecule has 0 saturated heterocycles. The molecule has 0 aliphatic rings. The van der Waals surface area contributed by atoms with E-state index in [1.165, 1.54) is 4.90 Å². The number of likely N-dealkylation sites (N-methyl/N-ethyl adjacent to an activating group) is 2. The summed E-state index contributed by atoms with van der Waals surface area (Å²) in [5.74, 6) is -0.314. The zero-order valence-corrected chi connectivity index (χ0v) is 13.0. The van der Waals surface area contributed by atoms with Crippen LogP contribution in [0.3, 0.4) is 0 Å². The normalized spacial score (nSPS) is 10.1. The standard InChI is InChI=1S/C13H18BrN3O2/c1-4-17(5-2)12(18)9-16(3)13(19)11-7-6-10(14)8-15-11/h6-8H,4-5,9H2,1-3H3. The molecule has 0 atom stereocenters. The molecule has 104 valence electrons. The van der Waals surface area contributed by atoms with E-state index >= 15 is 0 Å². The monoisotopic (exact) mass is 327 g/mol. The summed E-state index contributed by atoms with van der Waals surface area (Å²) in [6.07, 6.45) is 1.56. The number of amides is 2. The average Bonchev–Trinajstić information content (AvgIpc) is 2.40. The topological polar surface area (TPSA) is 53.5 Å². The number of hydrogen-bond donors (Lipinski definition) is 0. The fourth-order valence-electron chi connectivity index (χ4n) is 1.65. The number of hydrogen-bond acceptors (Lipinski definition) is 3. The maximum Gasteiger partial charge on any atom is 0.272 e. The van der Waals surface area contributed by atoms with Gasteiger partial charge in [-0.2, -0.15) is 0 Å². The number of aromatic nitrogens is 1. The summed E-state index contributed by atoms with van der Waals surface area (Å²) < 4.78 is 0.811. The Hall–Kier alpha value is -1.43. The molecule has 0 aliphatic heterocycles. The lowest BCUT2D eigenvalue weighted by Gasteiger charge is -2.23. The molecule has 0 radical (unpaired) electrons. The van der Waals surface area contributed by atoms with Gasteiger partial charge in [0.2, 0.25) is 5.91 Å². The molecule has 1 heterocycles. The third-order valence-corrected chi connectivity index (χ3v) is 3.25. The molecule has 0 aliphatic carbocycles. The lowest BCUT2D eigenvalue weighted by atomic mass is 10.3. The zero-order chi connectivity index (χ0) is 14.4. The van der Waals surface area contributed by atoms with Gasteiger partial charge in [0.15, 0.2) is 0 Å². The second kappa shape index (κ2) is 7.23. The molecule has 0 unspecified atom stereocenters. The van der Waals surface area contributed by atoms with Crippen molar-refractivity contribution in [2.45, 2.75) is 13.8 Å². The lowest BCUT2D eigenvalue weighted by Crippen LogP contribution is -2.41. The average molecular weight is 328 g/mol. The summed E-state index contributed by atoms with van der Waals surface area (Å²) in [6, 6.07) is 3.38. The van der Waals surface area contributed by atoms with Crippen molar-refractivity contribution in [1.82, 2.24) is 14.8 Å². The number of pyridine rings is 1. The summed E-state index contributed by atoms with van der Waals surface area (Å²) in [6.45, 7) is 5.19. The minimum absolute atomic E-state index is 0.0574. The predicted molar refractivity (Wildman–Crippen MR) is 76.8 cm³/mol. The van der Waals surface area contributed by atoms with E-state index in [2.05, 4.69) is 20.9 Å². The van der Waals surface area contributed by atoms with Gasteiger partial charge in [-0.05, 0) is 41.9 Å².